The van der Waals surface area contributed by atoms with Gasteiger partial charge < -0.3 is 14.2 Å². The molecule has 1 aliphatic heterocycles. The first-order valence-corrected chi connectivity index (χ1v) is 9.54. The van der Waals surface area contributed by atoms with Crippen molar-refractivity contribution in [2.45, 2.75) is 55.0 Å². The Balaban J connectivity index is 1.56. The van der Waals surface area contributed by atoms with Crippen LogP contribution in [0.5, 0.6) is 0 Å². The van der Waals surface area contributed by atoms with E-state index in [1.807, 2.05) is 0 Å². The molecule has 0 aromatic carbocycles. The molecule has 11 heteroatoms. The fraction of sp³-hybridized carbons (Fsp3) is 0.941. The number of carbonyl (C=O) groups excluding carboxylic acids is 1. The highest BCUT2D eigenvalue weighted by Gasteiger charge is 2.70. The van der Waals surface area contributed by atoms with Crippen LogP contribution in [0.4, 0.5) is 26.3 Å². The van der Waals surface area contributed by atoms with E-state index in [1.165, 1.54) is 0 Å². The summed E-state index contributed by atoms with van der Waals surface area (Å²) in [6.07, 6.45) is 1.60. The highest BCUT2D eigenvalue weighted by atomic mass is 32.1. The van der Waals surface area contributed by atoms with E-state index in [0.29, 0.717) is 19.3 Å². The van der Waals surface area contributed by atoms with E-state index in [0.717, 1.165) is 0 Å². The SMILES string of the molecule is O=C(OCC(F)(F)S)C12CC3CC(C1)C1(OCC(F)(F)C(F)(F)CO1)C(C3)C2. The van der Waals surface area contributed by atoms with Gasteiger partial charge in [-0.15, -0.1) is 12.6 Å². The molecule has 5 fully saturated rings. The standard InChI is InChI=1S/C17H20F6O4S/c18-14(19)6-26-17(27-7-15(14,20)21)10-1-9-2-11(17)5-13(3-9,4-10)12(24)25-8-16(22,23)28/h9-11,28H,1-8H2. The predicted octanol–water partition coefficient (Wildman–Crippen LogP) is 3.89. The van der Waals surface area contributed by atoms with Crippen molar-refractivity contribution >= 4 is 18.6 Å². The minimum Gasteiger partial charge on any atom is -0.458 e. The lowest BCUT2D eigenvalue weighted by atomic mass is 9.47. The van der Waals surface area contributed by atoms with Crippen LogP contribution in [0.1, 0.15) is 32.1 Å². The van der Waals surface area contributed by atoms with Gasteiger partial charge in [0.2, 0.25) is 0 Å². The molecule has 0 amide bonds. The minimum atomic E-state index is -4.36. The maximum Gasteiger partial charge on any atom is 0.335 e. The first-order valence-electron chi connectivity index (χ1n) is 9.10. The summed E-state index contributed by atoms with van der Waals surface area (Å²) in [4.78, 5) is 12.6. The lowest BCUT2D eigenvalue weighted by Crippen LogP contribution is -2.65. The van der Waals surface area contributed by atoms with E-state index in [2.05, 4.69) is 12.6 Å². The summed E-state index contributed by atoms with van der Waals surface area (Å²) in [6, 6.07) is 0. The monoisotopic (exact) mass is 434 g/mol. The topological polar surface area (TPSA) is 44.8 Å². The summed E-state index contributed by atoms with van der Waals surface area (Å²) in [5.74, 6) is -12.2. The van der Waals surface area contributed by atoms with E-state index in [4.69, 9.17) is 14.2 Å². The number of hydrogen-bond donors (Lipinski definition) is 1. The van der Waals surface area contributed by atoms with Crippen LogP contribution in [0.2, 0.25) is 0 Å². The fourth-order valence-corrected chi connectivity index (χ4v) is 5.68. The molecule has 160 valence electrons. The number of hydrogen-bond acceptors (Lipinski definition) is 5. The van der Waals surface area contributed by atoms with Gasteiger partial charge in [-0.05, 0) is 38.0 Å². The Morgan fingerprint density at radius 2 is 1.50 bits per heavy atom. The normalized spacial score (nSPS) is 40.3. The van der Waals surface area contributed by atoms with E-state index in [1.54, 1.807) is 0 Å². The Kier molecular flexibility index (Phi) is 4.53. The van der Waals surface area contributed by atoms with Crippen LogP contribution in [0, 0.1) is 23.2 Å². The van der Waals surface area contributed by atoms with Gasteiger partial charge in [0.1, 0.15) is 13.2 Å². The molecule has 0 aromatic heterocycles. The fourth-order valence-electron chi connectivity index (χ4n) is 5.61. The second kappa shape index (κ2) is 6.16. The lowest BCUT2D eigenvalue weighted by Gasteiger charge is -2.62. The highest BCUT2D eigenvalue weighted by Crippen LogP contribution is 2.66. The van der Waals surface area contributed by atoms with Gasteiger partial charge in [-0.1, -0.05) is 0 Å². The molecule has 0 radical (unpaired) electrons. The molecule has 0 aromatic rings. The Labute approximate surface area is 162 Å². The van der Waals surface area contributed by atoms with Gasteiger partial charge in [-0.2, -0.15) is 26.3 Å². The molecule has 4 saturated carbocycles. The summed E-state index contributed by atoms with van der Waals surface area (Å²) in [7, 11) is 0. The molecule has 2 unspecified atom stereocenters. The van der Waals surface area contributed by atoms with Crippen LogP contribution < -0.4 is 0 Å². The molecule has 1 spiro atoms. The van der Waals surface area contributed by atoms with Crippen LogP contribution in [0.25, 0.3) is 0 Å². The van der Waals surface area contributed by atoms with Crippen LogP contribution in [-0.4, -0.2) is 48.7 Å². The maximum absolute atomic E-state index is 13.8. The molecule has 4 nitrogen and oxygen atoms in total. The molecule has 5 aliphatic rings. The molecule has 0 N–H and O–H groups in total. The van der Waals surface area contributed by atoms with Crippen molar-refractivity contribution in [2.24, 2.45) is 23.2 Å². The van der Waals surface area contributed by atoms with Gasteiger partial charge in [-0.3, -0.25) is 4.79 Å². The van der Waals surface area contributed by atoms with Crippen LogP contribution in [0.3, 0.4) is 0 Å². The molecule has 1 saturated heterocycles. The zero-order valence-electron chi connectivity index (χ0n) is 14.7. The third kappa shape index (κ3) is 3.12. The largest absolute Gasteiger partial charge is 0.458 e. The van der Waals surface area contributed by atoms with E-state index in [-0.39, 0.29) is 18.8 Å². The first kappa shape index (κ1) is 20.6. The van der Waals surface area contributed by atoms with Gasteiger partial charge >= 0.3 is 23.1 Å². The van der Waals surface area contributed by atoms with Crippen molar-refractivity contribution < 1.29 is 45.3 Å². The predicted molar refractivity (Wildman–Crippen MR) is 85.4 cm³/mol. The average molecular weight is 434 g/mol. The number of halogens is 6. The van der Waals surface area contributed by atoms with E-state index in [9.17, 15) is 31.1 Å². The summed E-state index contributed by atoms with van der Waals surface area (Å²) in [6.45, 7) is -4.12. The van der Waals surface area contributed by atoms with Crippen molar-refractivity contribution in [1.29, 1.82) is 0 Å². The highest BCUT2D eigenvalue weighted by molar-refractivity contribution is 7.81. The van der Waals surface area contributed by atoms with E-state index < -0.39 is 65.9 Å². The Morgan fingerprint density at radius 3 is 1.96 bits per heavy atom. The van der Waals surface area contributed by atoms with E-state index >= 15 is 0 Å². The third-order valence-corrected chi connectivity index (χ3v) is 6.76. The molecule has 28 heavy (non-hydrogen) atoms. The summed E-state index contributed by atoms with van der Waals surface area (Å²) < 4.78 is 96.3. The number of esters is 1. The second-order valence-corrected chi connectivity index (χ2v) is 9.23. The Morgan fingerprint density at radius 1 is 1.00 bits per heavy atom. The van der Waals surface area contributed by atoms with Gasteiger partial charge in [0.25, 0.3) is 0 Å². The van der Waals surface area contributed by atoms with Gasteiger partial charge in [0, 0.05) is 11.8 Å². The lowest BCUT2D eigenvalue weighted by molar-refractivity contribution is -0.346. The van der Waals surface area contributed by atoms with Crippen LogP contribution in [0.15, 0.2) is 0 Å². The zero-order valence-corrected chi connectivity index (χ0v) is 15.6. The number of ether oxygens (including phenoxy) is 3. The molecular weight excluding hydrogens is 414 g/mol. The van der Waals surface area contributed by atoms with Crippen LogP contribution in [-0.2, 0) is 19.0 Å². The Bertz CT molecular complexity index is 631. The van der Waals surface area contributed by atoms with Crippen molar-refractivity contribution in [1.82, 2.24) is 0 Å². The summed E-state index contributed by atoms with van der Waals surface area (Å²) >= 11 is 3.04. The molecule has 4 aliphatic carbocycles. The second-order valence-electron chi connectivity index (χ2n) is 8.57. The minimum absolute atomic E-state index is 0.0312. The molecule has 1 heterocycles. The first-order chi connectivity index (χ1) is 12.8. The van der Waals surface area contributed by atoms with Crippen molar-refractivity contribution in [3.05, 3.63) is 0 Å². The van der Waals surface area contributed by atoms with Crippen molar-refractivity contribution in [3.63, 3.8) is 0 Å². The van der Waals surface area contributed by atoms with Crippen LogP contribution >= 0.6 is 12.6 Å². The molecule has 4 bridgehead atoms. The quantitative estimate of drug-likeness (QED) is 0.416. The van der Waals surface area contributed by atoms with Gasteiger partial charge in [0.05, 0.1) is 5.41 Å². The maximum atomic E-state index is 13.8. The zero-order chi connectivity index (χ0) is 20.6. The van der Waals surface area contributed by atoms with Crippen molar-refractivity contribution in [2.75, 3.05) is 19.8 Å². The molecular formula is C17H20F6O4S. The smallest absolute Gasteiger partial charge is 0.335 e. The number of alkyl halides is 6. The average Bonchev–Trinajstić information content (AvgIpc) is 2.66. The number of thiol groups is 1. The third-order valence-electron chi connectivity index (χ3n) is 6.63. The summed E-state index contributed by atoms with van der Waals surface area (Å²) in [5, 5.41) is -3.47. The Hall–Kier alpha value is -0.680. The number of carbonyl (C=O) groups is 1. The van der Waals surface area contributed by atoms with Crippen molar-refractivity contribution in [3.8, 4) is 0 Å². The molecule has 2 atom stereocenters. The summed E-state index contributed by atoms with van der Waals surface area (Å²) in [5.41, 5.74) is -1.05. The molecule has 5 rings (SSSR count). The van der Waals surface area contributed by atoms with Gasteiger partial charge in [0.15, 0.2) is 12.4 Å². The van der Waals surface area contributed by atoms with Gasteiger partial charge in [-0.25, -0.2) is 0 Å². The number of rotatable bonds is 3.